The van der Waals surface area contributed by atoms with Crippen LogP contribution in [0.1, 0.15) is 25.4 Å². The number of ether oxygens (including phenoxy) is 1. The molecule has 0 aliphatic rings. The second-order valence-electron chi connectivity index (χ2n) is 3.80. The van der Waals surface area contributed by atoms with Gasteiger partial charge in [-0.2, -0.15) is 0 Å². The molecule has 1 aromatic rings. The third kappa shape index (κ3) is 3.83. The number of hydrogen-bond donors (Lipinski definition) is 0. The van der Waals surface area contributed by atoms with Crippen LogP contribution >= 0.6 is 0 Å². The van der Waals surface area contributed by atoms with Gasteiger partial charge in [-0.3, -0.25) is 0 Å². The van der Waals surface area contributed by atoms with E-state index in [2.05, 4.69) is 23.8 Å². The summed E-state index contributed by atoms with van der Waals surface area (Å²) >= 11 is 0. The molecule has 0 spiro atoms. The summed E-state index contributed by atoms with van der Waals surface area (Å²) in [7, 11) is 1.70. The van der Waals surface area contributed by atoms with Crippen molar-refractivity contribution < 1.29 is 4.74 Å². The lowest BCUT2D eigenvalue weighted by Crippen LogP contribution is -2.04. The van der Waals surface area contributed by atoms with E-state index in [0.29, 0.717) is 5.92 Å². The monoisotopic (exact) mass is 194 g/mol. The van der Waals surface area contributed by atoms with E-state index in [1.807, 2.05) is 12.3 Å². The molecule has 0 N–H and O–H groups in total. The molecule has 14 heavy (non-hydrogen) atoms. The third-order valence-corrected chi connectivity index (χ3v) is 1.92. The Morgan fingerprint density at radius 1 is 1.43 bits per heavy atom. The summed E-state index contributed by atoms with van der Waals surface area (Å²) in [6.45, 7) is 5.06. The molecular formula is C11H18N2O. The summed E-state index contributed by atoms with van der Waals surface area (Å²) in [6, 6.07) is 1.95. The Bertz CT molecular complexity index is 274. The van der Waals surface area contributed by atoms with Gasteiger partial charge in [0.1, 0.15) is 5.82 Å². The molecular weight excluding hydrogens is 176 g/mol. The molecule has 78 valence electrons. The van der Waals surface area contributed by atoms with Crippen molar-refractivity contribution in [1.29, 1.82) is 0 Å². The van der Waals surface area contributed by atoms with Crippen molar-refractivity contribution in [3.05, 3.63) is 23.8 Å². The molecule has 0 aliphatic heterocycles. The maximum absolute atomic E-state index is 5.01. The van der Waals surface area contributed by atoms with Gasteiger partial charge in [0.05, 0.1) is 6.61 Å². The molecule has 0 fully saturated rings. The Kier molecular flexibility index (Phi) is 4.53. The van der Waals surface area contributed by atoms with Gasteiger partial charge in [-0.25, -0.2) is 9.97 Å². The topological polar surface area (TPSA) is 35.0 Å². The fourth-order valence-corrected chi connectivity index (χ4v) is 1.25. The van der Waals surface area contributed by atoms with Crippen LogP contribution < -0.4 is 0 Å². The molecule has 0 atom stereocenters. The van der Waals surface area contributed by atoms with Crippen LogP contribution in [-0.2, 0) is 17.6 Å². The third-order valence-electron chi connectivity index (χ3n) is 1.92. The lowest BCUT2D eigenvalue weighted by atomic mass is 10.1. The zero-order valence-corrected chi connectivity index (χ0v) is 9.16. The summed E-state index contributed by atoms with van der Waals surface area (Å²) in [5, 5.41) is 0. The lowest BCUT2D eigenvalue weighted by molar-refractivity contribution is 0.201. The van der Waals surface area contributed by atoms with Crippen LogP contribution in [0.4, 0.5) is 0 Å². The maximum Gasteiger partial charge on any atom is 0.128 e. The molecule has 3 heteroatoms. The van der Waals surface area contributed by atoms with Crippen LogP contribution in [0, 0.1) is 5.92 Å². The first-order valence-corrected chi connectivity index (χ1v) is 5.02. The first-order chi connectivity index (χ1) is 6.72. The van der Waals surface area contributed by atoms with E-state index >= 15 is 0 Å². The highest BCUT2D eigenvalue weighted by atomic mass is 16.5. The van der Waals surface area contributed by atoms with Crippen molar-refractivity contribution in [1.82, 2.24) is 9.97 Å². The SMILES string of the molecule is COCCc1ccnc(CC(C)C)n1. The van der Waals surface area contributed by atoms with Crippen molar-refractivity contribution in [2.45, 2.75) is 26.7 Å². The van der Waals surface area contributed by atoms with Crippen molar-refractivity contribution in [2.24, 2.45) is 5.92 Å². The van der Waals surface area contributed by atoms with Gasteiger partial charge in [0.2, 0.25) is 0 Å². The Morgan fingerprint density at radius 3 is 2.86 bits per heavy atom. The minimum Gasteiger partial charge on any atom is -0.384 e. The van der Waals surface area contributed by atoms with Gasteiger partial charge in [0.25, 0.3) is 0 Å². The maximum atomic E-state index is 5.01. The Balaban J connectivity index is 2.59. The van der Waals surface area contributed by atoms with Crippen molar-refractivity contribution >= 4 is 0 Å². The molecule has 1 aromatic heterocycles. The van der Waals surface area contributed by atoms with Gasteiger partial charge in [-0.15, -0.1) is 0 Å². The molecule has 1 rings (SSSR count). The fourth-order valence-electron chi connectivity index (χ4n) is 1.25. The lowest BCUT2D eigenvalue weighted by Gasteiger charge is -2.05. The van der Waals surface area contributed by atoms with Crippen LogP contribution in [-0.4, -0.2) is 23.7 Å². The standard InChI is InChI=1S/C11H18N2O/c1-9(2)8-11-12-6-4-10(13-11)5-7-14-3/h4,6,9H,5,7-8H2,1-3H3. The van der Waals surface area contributed by atoms with E-state index in [-0.39, 0.29) is 0 Å². The first-order valence-electron chi connectivity index (χ1n) is 5.02. The molecule has 0 unspecified atom stereocenters. The fraction of sp³-hybridized carbons (Fsp3) is 0.636. The largest absolute Gasteiger partial charge is 0.384 e. The average molecular weight is 194 g/mol. The Hall–Kier alpha value is -0.960. The van der Waals surface area contributed by atoms with Gasteiger partial charge in [0.15, 0.2) is 0 Å². The molecule has 1 heterocycles. The molecule has 3 nitrogen and oxygen atoms in total. The van der Waals surface area contributed by atoms with Crippen LogP contribution in [0.25, 0.3) is 0 Å². The molecule has 0 radical (unpaired) electrons. The summed E-state index contributed by atoms with van der Waals surface area (Å²) in [5.41, 5.74) is 1.07. The molecule has 0 saturated heterocycles. The van der Waals surface area contributed by atoms with E-state index in [4.69, 9.17) is 4.74 Å². The Morgan fingerprint density at radius 2 is 2.21 bits per heavy atom. The predicted octanol–water partition coefficient (Wildman–Crippen LogP) is 1.86. The Labute approximate surface area is 85.5 Å². The normalized spacial score (nSPS) is 10.9. The first kappa shape index (κ1) is 11.1. The van der Waals surface area contributed by atoms with Gasteiger partial charge in [-0.05, 0) is 12.0 Å². The smallest absolute Gasteiger partial charge is 0.128 e. The van der Waals surface area contributed by atoms with Gasteiger partial charge in [-0.1, -0.05) is 13.8 Å². The van der Waals surface area contributed by atoms with E-state index in [1.165, 1.54) is 0 Å². The van der Waals surface area contributed by atoms with E-state index in [0.717, 1.165) is 31.0 Å². The quantitative estimate of drug-likeness (QED) is 0.717. The molecule has 0 bridgehead atoms. The molecule has 0 saturated carbocycles. The molecule has 0 aromatic carbocycles. The zero-order chi connectivity index (χ0) is 10.4. The molecule has 0 amide bonds. The van der Waals surface area contributed by atoms with Crippen LogP contribution in [0.5, 0.6) is 0 Å². The second kappa shape index (κ2) is 5.70. The summed E-state index contributed by atoms with van der Waals surface area (Å²) < 4.78 is 5.01. The summed E-state index contributed by atoms with van der Waals surface area (Å²) in [4.78, 5) is 8.70. The van der Waals surface area contributed by atoms with Gasteiger partial charge < -0.3 is 4.74 Å². The highest BCUT2D eigenvalue weighted by Gasteiger charge is 2.01. The molecule has 0 aliphatic carbocycles. The minimum atomic E-state index is 0.604. The number of nitrogens with zero attached hydrogens (tertiary/aromatic N) is 2. The van der Waals surface area contributed by atoms with Crippen LogP contribution in [0.15, 0.2) is 12.3 Å². The summed E-state index contributed by atoms with van der Waals surface area (Å²) in [5.74, 6) is 1.54. The van der Waals surface area contributed by atoms with Crippen LogP contribution in [0.2, 0.25) is 0 Å². The predicted molar refractivity (Wildman–Crippen MR) is 56.2 cm³/mol. The second-order valence-corrected chi connectivity index (χ2v) is 3.80. The number of aromatic nitrogens is 2. The highest BCUT2D eigenvalue weighted by Crippen LogP contribution is 2.03. The van der Waals surface area contributed by atoms with E-state index < -0.39 is 0 Å². The highest BCUT2D eigenvalue weighted by molar-refractivity contribution is 5.03. The average Bonchev–Trinajstić information content (AvgIpc) is 2.14. The summed E-state index contributed by atoms with van der Waals surface area (Å²) in [6.07, 6.45) is 3.64. The minimum absolute atomic E-state index is 0.604. The van der Waals surface area contributed by atoms with E-state index in [1.54, 1.807) is 7.11 Å². The number of hydrogen-bond acceptors (Lipinski definition) is 3. The van der Waals surface area contributed by atoms with Crippen molar-refractivity contribution in [3.8, 4) is 0 Å². The van der Waals surface area contributed by atoms with Crippen molar-refractivity contribution in [2.75, 3.05) is 13.7 Å². The zero-order valence-electron chi connectivity index (χ0n) is 9.16. The van der Waals surface area contributed by atoms with Crippen molar-refractivity contribution in [3.63, 3.8) is 0 Å². The van der Waals surface area contributed by atoms with Gasteiger partial charge in [0, 0.05) is 31.8 Å². The number of methoxy groups -OCH3 is 1. The number of rotatable bonds is 5. The van der Waals surface area contributed by atoms with Crippen LogP contribution in [0.3, 0.4) is 0 Å². The van der Waals surface area contributed by atoms with E-state index in [9.17, 15) is 0 Å². The van der Waals surface area contributed by atoms with Gasteiger partial charge >= 0.3 is 0 Å².